The van der Waals surface area contributed by atoms with Gasteiger partial charge in [-0.3, -0.25) is 4.79 Å². The van der Waals surface area contributed by atoms with Crippen molar-refractivity contribution in [3.63, 3.8) is 0 Å². The maximum atomic E-state index is 11.8. The molecule has 0 heterocycles. The summed E-state index contributed by atoms with van der Waals surface area (Å²) >= 11 is 0. The third kappa shape index (κ3) is 5.04. The minimum absolute atomic E-state index is 0.0362. The van der Waals surface area contributed by atoms with Gasteiger partial charge in [-0.2, -0.15) is 0 Å². The Balaban J connectivity index is 2.45. The molecule has 0 spiro atoms. The molecule has 0 bridgehead atoms. The summed E-state index contributed by atoms with van der Waals surface area (Å²) in [5.74, 6) is 1.31. The molecule has 0 aliphatic rings. The Kier molecular flexibility index (Phi) is 5.98. The Bertz CT molecular complexity index is 382. The highest BCUT2D eigenvalue weighted by atomic mass is 16.5. The Morgan fingerprint density at radius 3 is 2.61 bits per heavy atom. The maximum Gasteiger partial charge on any atom is 0.251 e. The summed E-state index contributed by atoms with van der Waals surface area (Å²) in [6.07, 6.45) is 2.68. The molecule has 98 valence electrons. The van der Waals surface area contributed by atoms with E-state index < -0.39 is 0 Å². The van der Waals surface area contributed by atoms with Gasteiger partial charge in [0.2, 0.25) is 0 Å². The first kappa shape index (κ1) is 14.3. The van der Waals surface area contributed by atoms with Crippen LogP contribution in [0.1, 0.15) is 30.6 Å². The number of benzene rings is 1. The number of nitrogens with one attached hydrogen (secondary N) is 1. The number of amides is 1. The Morgan fingerprint density at radius 2 is 2.06 bits per heavy atom. The summed E-state index contributed by atoms with van der Waals surface area (Å²) in [5, 5.41) is 2.90. The van der Waals surface area contributed by atoms with Crippen molar-refractivity contribution in [3.05, 3.63) is 42.5 Å². The summed E-state index contributed by atoms with van der Waals surface area (Å²) in [6.45, 7) is 9.04. The average Bonchev–Trinajstić information content (AvgIpc) is 2.36. The molecule has 3 nitrogen and oxygen atoms in total. The molecule has 18 heavy (non-hydrogen) atoms. The second-order valence-electron chi connectivity index (χ2n) is 4.56. The molecule has 0 aliphatic heterocycles. The number of hydrogen-bond donors (Lipinski definition) is 1. The van der Waals surface area contributed by atoms with Gasteiger partial charge in [0.25, 0.3) is 5.91 Å². The largest absolute Gasteiger partial charge is 0.490 e. The first-order chi connectivity index (χ1) is 8.63. The van der Waals surface area contributed by atoms with Crippen LogP contribution in [0, 0.1) is 5.92 Å². The summed E-state index contributed by atoms with van der Waals surface area (Å²) in [7, 11) is 0. The van der Waals surface area contributed by atoms with Crippen LogP contribution in [0.3, 0.4) is 0 Å². The van der Waals surface area contributed by atoms with E-state index >= 15 is 0 Å². The van der Waals surface area contributed by atoms with Crippen LogP contribution in [0.5, 0.6) is 5.75 Å². The summed E-state index contributed by atoms with van der Waals surface area (Å²) < 4.78 is 5.35. The highest BCUT2D eigenvalue weighted by Gasteiger charge is 2.05. The molecule has 0 atom stereocenters. The molecule has 0 aromatic heterocycles. The van der Waals surface area contributed by atoms with E-state index in [-0.39, 0.29) is 5.91 Å². The fourth-order valence-corrected chi connectivity index (χ4v) is 1.43. The quantitative estimate of drug-likeness (QED) is 0.752. The molecule has 1 N–H and O–H groups in total. The third-order valence-corrected chi connectivity index (χ3v) is 2.49. The topological polar surface area (TPSA) is 38.3 Å². The molecule has 1 amide bonds. The highest BCUT2D eigenvalue weighted by Crippen LogP contribution is 2.12. The van der Waals surface area contributed by atoms with Gasteiger partial charge in [0.05, 0.1) is 0 Å². The molecule has 0 saturated heterocycles. The number of rotatable bonds is 7. The van der Waals surface area contributed by atoms with Crippen molar-refractivity contribution in [2.24, 2.45) is 5.92 Å². The summed E-state index contributed by atoms with van der Waals surface area (Å²) in [4.78, 5) is 11.8. The molecule has 0 unspecified atom stereocenters. The molecule has 1 rings (SSSR count). The smallest absolute Gasteiger partial charge is 0.251 e. The minimum atomic E-state index is -0.0362. The highest BCUT2D eigenvalue weighted by molar-refractivity contribution is 5.94. The van der Waals surface area contributed by atoms with Crippen molar-refractivity contribution >= 4 is 5.91 Å². The van der Waals surface area contributed by atoms with Crippen molar-refractivity contribution in [2.45, 2.75) is 20.3 Å². The zero-order valence-electron chi connectivity index (χ0n) is 11.1. The molecule has 1 aromatic rings. The van der Waals surface area contributed by atoms with Crippen LogP contribution in [0.2, 0.25) is 0 Å². The Hall–Kier alpha value is -1.77. The molecular formula is C15H21NO2. The van der Waals surface area contributed by atoms with E-state index in [2.05, 4.69) is 25.7 Å². The van der Waals surface area contributed by atoms with Gasteiger partial charge in [0.15, 0.2) is 0 Å². The van der Waals surface area contributed by atoms with Gasteiger partial charge in [-0.25, -0.2) is 0 Å². The summed E-state index contributed by atoms with van der Waals surface area (Å²) in [6, 6.07) is 7.12. The van der Waals surface area contributed by atoms with Crippen LogP contribution < -0.4 is 10.1 Å². The maximum absolute atomic E-state index is 11.8. The zero-order chi connectivity index (χ0) is 13.4. The van der Waals surface area contributed by atoms with E-state index in [0.717, 1.165) is 12.2 Å². The van der Waals surface area contributed by atoms with E-state index in [9.17, 15) is 4.79 Å². The van der Waals surface area contributed by atoms with Crippen molar-refractivity contribution < 1.29 is 9.53 Å². The van der Waals surface area contributed by atoms with Gasteiger partial charge in [0.1, 0.15) is 12.4 Å². The van der Waals surface area contributed by atoms with E-state index in [1.807, 2.05) is 0 Å². The molecule has 0 saturated carbocycles. The molecule has 0 fully saturated rings. The van der Waals surface area contributed by atoms with E-state index in [0.29, 0.717) is 24.6 Å². The molecule has 0 radical (unpaired) electrons. The fourth-order valence-electron chi connectivity index (χ4n) is 1.43. The first-order valence-electron chi connectivity index (χ1n) is 6.25. The second kappa shape index (κ2) is 7.54. The van der Waals surface area contributed by atoms with Crippen LogP contribution in [-0.2, 0) is 0 Å². The standard InChI is InChI=1S/C15H21NO2/c1-4-11-18-14-7-5-13(6-8-14)15(17)16-10-9-12(2)3/h4-8,12H,1,9-11H2,2-3H3,(H,16,17). The average molecular weight is 247 g/mol. The molecule has 1 aromatic carbocycles. The number of ether oxygens (including phenoxy) is 1. The number of hydrogen-bond acceptors (Lipinski definition) is 2. The predicted molar refractivity (Wildman–Crippen MR) is 73.9 cm³/mol. The third-order valence-electron chi connectivity index (χ3n) is 2.49. The Labute approximate surface area is 109 Å². The van der Waals surface area contributed by atoms with Crippen molar-refractivity contribution in [3.8, 4) is 5.75 Å². The lowest BCUT2D eigenvalue weighted by Crippen LogP contribution is -2.25. The van der Waals surface area contributed by atoms with Gasteiger partial charge in [-0.15, -0.1) is 0 Å². The molecular weight excluding hydrogens is 226 g/mol. The fraction of sp³-hybridized carbons (Fsp3) is 0.400. The minimum Gasteiger partial charge on any atom is -0.490 e. The van der Waals surface area contributed by atoms with Crippen LogP contribution in [-0.4, -0.2) is 19.1 Å². The van der Waals surface area contributed by atoms with Crippen LogP contribution >= 0.6 is 0 Å². The van der Waals surface area contributed by atoms with Crippen molar-refractivity contribution in [1.29, 1.82) is 0 Å². The lowest BCUT2D eigenvalue weighted by atomic mass is 10.1. The zero-order valence-corrected chi connectivity index (χ0v) is 11.1. The van der Waals surface area contributed by atoms with Gasteiger partial charge >= 0.3 is 0 Å². The van der Waals surface area contributed by atoms with Crippen molar-refractivity contribution in [2.75, 3.05) is 13.2 Å². The van der Waals surface area contributed by atoms with Gasteiger partial charge in [0, 0.05) is 12.1 Å². The monoisotopic (exact) mass is 247 g/mol. The number of carbonyl (C=O) groups excluding carboxylic acids is 1. The van der Waals surface area contributed by atoms with Crippen LogP contribution in [0.15, 0.2) is 36.9 Å². The lowest BCUT2D eigenvalue weighted by Gasteiger charge is -2.08. The first-order valence-corrected chi connectivity index (χ1v) is 6.25. The van der Waals surface area contributed by atoms with Crippen LogP contribution in [0.4, 0.5) is 0 Å². The van der Waals surface area contributed by atoms with E-state index in [1.54, 1.807) is 30.3 Å². The molecule has 0 aliphatic carbocycles. The van der Waals surface area contributed by atoms with Crippen LogP contribution in [0.25, 0.3) is 0 Å². The van der Waals surface area contributed by atoms with Crippen molar-refractivity contribution in [1.82, 2.24) is 5.32 Å². The molecule has 3 heteroatoms. The van der Waals surface area contributed by atoms with Gasteiger partial charge < -0.3 is 10.1 Å². The summed E-state index contributed by atoms with van der Waals surface area (Å²) in [5.41, 5.74) is 0.657. The second-order valence-corrected chi connectivity index (χ2v) is 4.56. The van der Waals surface area contributed by atoms with E-state index in [4.69, 9.17) is 4.74 Å². The van der Waals surface area contributed by atoms with Gasteiger partial charge in [-0.05, 0) is 36.6 Å². The van der Waals surface area contributed by atoms with Gasteiger partial charge in [-0.1, -0.05) is 26.5 Å². The number of carbonyl (C=O) groups is 1. The Morgan fingerprint density at radius 1 is 1.39 bits per heavy atom. The lowest BCUT2D eigenvalue weighted by molar-refractivity contribution is 0.0952. The van der Waals surface area contributed by atoms with E-state index in [1.165, 1.54) is 0 Å². The SMILES string of the molecule is C=CCOc1ccc(C(=O)NCCC(C)C)cc1. The predicted octanol–water partition coefficient (Wildman–Crippen LogP) is 3.03. The normalized spacial score (nSPS) is 10.2.